The molecular weight excluding hydrogens is 354 g/mol. The fraction of sp³-hybridized carbons (Fsp3) is 0.636. The summed E-state index contributed by atoms with van der Waals surface area (Å²) in [7, 11) is 0. The first-order valence-corrected chi connectivity index (χ1v) is 10.6. The molecule has 0 radical (unpaired) electrons. The van der Waals surface area contributed by atoms with Crippen LogP contribution in [0.5, 0.6) is 5.75 Å². The zero-order valence-electron chi connectivity index (χ0n) is 17.3. The highest BCUT2D eigenvalue weighted by Crippen LogP contribution is 2.11. The highest BCUT2D eigenvalue weighted by atomic mass is 16.3. The van der Waals surface area contributed by atoms with Crippen LogP contribution >= 0.6 is 0 Å². The summed E-state index contributed by atoms with van der Waals surface area (Å²) in [6.07, 6.45) is 12.5. The molecule has 0 spiro atoms. The molecule has 0 bridgehead atoms. The number of urea groups is 1. The number of unbranched alkanes of at least 4 members (excludes halogenated alkanes) is 9. The number of primary amides is 1. The number of nitrogens with two attached hydrogens (primary N) is 1. The smallest absolute Gasteiger partial charge is 0.316 e. The molecule has 0 atom stereocenters. The van der Waals surface area contributed by atoms with Crippen molar-refractivity contribution in [3.05, 3.63) is 29.8 Å². The van der Waals surface area contributed by atoms with Gasteiger partial charge >= 0.3 is 6.03 Å². The Morgan fingerprint density at radius 1 is 0.929 bits per heavy atom. The number of rotatable bonds is 15. The Labute approximate surface area is 169 Å². The average Bonchev–Trinajstić information content (AvgIpc) is 2.67. The summed E-state index contributed by atoms with van der Waals surface area (Å²) in [6, 6.07) is 5.98. The van der Waals surface area contributed by atoms with Gasteiger partial charge in [-0.15, -0.1) is 0 Å². The third-order valence-corrected chi connectivity index (χ3v) is 4.86. The second kappa shape index (κ2) is 14.8. The van der Waals surface area contributed by atoms with Gasteiger partial charge in [-0.1, -0.05) is 76.8 Å². The van der Waals surface area contributed by atoms with Crippen molar-refractivity contribution in [2.75, 3.05) is 13.2 Å². The van der Waals surface area contributed by atoms with Crippen LogP contribution in [0.1, 0.15) is 76.7 Å². The number of hydrogen-bond acceptors (Lipinski definition) is 3. The SMILES string of the molecule is CCCCCCCCCCCCN(CNC(=O)Cc1ccc(O)cc1)C(N)=O. The second-order valence-corrected chi connectivity index (χ2v) is 7.38. The van der Waals surface area contributed by atoms with E-state index in [0.29, 0.717) is 6.54 Å². The van der Waals surface area contributed by atoms with Crippen LogP contribution < -0.4 is 11.1 Å². The van der Waals surface area contributed by atoms with E-state index in [1.807, 2.05) is 0 Å². The summed E-state index contributed by atoms with van der Waals surface area (Å²) in [6.45, 7) is 2.92. The fourth-order valence-electron chi connectivity index (χ4n) is 3.10. The molecule has 0 aliphatic heterocycles. The summed E-state index contributed by atoms with van der Waals surface area (Å²) in [5.74, 6) is -0.0134. The van der Waals surface area contributed by atoms with Gasteiger partial charge in [-0.3, -0.25) is 4.79 Å². The van der Waals surface area contributed by atoms with Gasteiger partial charge in [0.1, 0.15) is 5.75 Å². The molecule has 4 N–H and O–H groups in total. The maximum atomic E-state index is 12.0. The zero-order chi connectivity index (χ0) is 20.6. The number of carbonyl (C=O) groups excluding carboxylic acids is 2. The van der Waals surface area contributed by atoms with Crippen LogP contribution in [0, 0.1) is 0 Å². The maximum Gasteiger partial charge on any atom is 0.316 e. The maximum absolute atomic E-state index is 12.0. The number of benzene rings is 1. The third-order valence-electron chi connectivity index (χ3n) is 4.86. The highest BCUT2D eigenvalue weighted by Gasteiger charge is 2.11. The largest absolute Gasteiger partial charge is 0.508 e. The quantitative estimate of drug-likeness (QED) is 0.307. The van der Waals surface area contributed by atoms with Crippen LogP contribution in [0.4, 0.5) is 4.79 Å². The van der Waals surface area contributed by atoms with Gasteiger partial charge in [-0.2, -0.15) is 0 Å². The van der Waals surface area contributed by atoms with Gasteiger partial charge in [0, 0.05) is 6.54 Å². The topological polar surface area (TPSA) is 95.7 Å². The van der Waals surface area contributed by atoms with Crippen LogP contribution in [0.15, 0.2) is 24.3 Å². The molecule has 0 heterocycles. The van der Waals surface area contributed by atoms with Crippen LogP contribution in [0.2, 0.25) is 0 Å². The summed E-state index contributed by atoms with van der Waals surface area (Å²) < 4.78 is 0. The lowest BCUT2D eigenvalue weighted by Gasteiger charge is -2.20. The van der Waals surface area contributed by atoms with Gasteiger partial charge in [0.2, 0.25) is 5.91 Å². The van der Waals surface area contributed by atoms with Crippen molar-refractivity contribution in [1.82, 2.24) is 10.2 Å². The number of phenolic OH excluding ortho intramolecular Hbond substituents is 1. The van der Waals surface area contributed by atoms with Gasteiger partial charge in [-0.05, 0) is 24.1 Å². The van der Waals surface area contributed by atoms with Crippen molar-refractivity contribution < 1.29 is 14.7 Å². The van der Waals surface area contributed by atoms with E-state index in [4.69, 9.17) is 5.73 Å². The summed E-state index contributed by atoms with van der Waals surface area (Å²) >= 11 is 0. The summed E-state index contributed by atoms with van der Waals surface area (Å²) in [5.41, 5.74) is 6.22. The molecule has 3 amide bonds. The van der Waals surface area contributed by atoms with Crippen LogP contribution in [0.3, 0.4) is 0 Å². The molecule has 6 nitrogen and oxygen atoms in total. The summed E-state index contributed by atoms with van der Waals surface area (Å²) in [5, 5.41) is 12.0. The van der Waals surface area contributed by atoms with E-state index in [-0.39, 0.29) is 24.7 Å². The number of phenols is 1. The van der Waals surface area contributed by atoms with Crippen LogP contribution in [-0.2, 0) is 11.2 Å². The van der Waals surface area contributed by atoms with E-state index >= 15 is 0 Å². The number of nitrogens with zero attached hydrogens (tertiary/aromatic N) is 1. The van der Waals surface area contributed by atoms with E-state index in [0.717, 1.165) is 18.4 Å². The van der Waals surface area contributed by atoms with Gasteiger partial charge in [-0.25, -0.2) is 4.79 Å². The number of amides is 3. The zero-order valence-corrected chi connectivity index (χ0v) is 17.3. The molecule has 0 unspecified atom stereocenters. The van der Waals surface area contributed by atoms with E-state index in [9.17, 15) is 14.7 Å². The number of aromatic hydroxyl groups is 1. The van der Waals surface area contributed by atoms with Crippen molar-refractivity contribution in [3.8, 4) is 5.75 Å². The van der Waals surface area contributed by atoms with Crippen molar-refractivity contribution in [1.29, 1.82) is 0 Å². The second-order valence-electron chi connectivity index (χ2n) is 7.38. The van der Waals surface area contributed by atoms with Crippen LogP contribution in [-0.4, -0.2) is 35.2 Å². The minimum atomic E-state index is -0.513. The third kappa shape index (κ3) is 11.5. The molecule has 1 rings (SSSR count). The van der Waals surface area contributed by atoms with Gasteiger partial charge in [0.05, 0.1) is 13.1 Å². The number of carbonyl (C=O) groups is 2. The Morgan fingerprint density at radius 3 is 2.00 bits per heavy atom. The average molecular weight is 392 g/mol. The lowest BCUT2D eigenvalue weighted by atomic mass is 10.1. The highest BCUT2D eigenvalue weighted by molar-refractivity contribution is 5.79. The van der Waals surface area contributed by atoms with Gasteiger partial charge < -0.3 is 21.1 Å². The molecule has 0 aliphatic rings. The fourth-order valence-corrected chi connectivity index (χ4v) is 3.10. The van der Waals surface area contributed by atoms with Gasteiger partial charge in [0.15, 0.2) is 0 Å². The molecule has 0 aromatic heterocycles. The monoisotopic (exact) mass is 391 g/mol. The van der Waals surface area contributed by atoms with Crippen molar-refractivity contribution >= 4 is 11.9 Å². The standard InChI is InChI=1S/C22H37N3O3/c1-2-3-4-5-6-7-8-9-10-11-16-25(22(23)28)18-24-21(27)17-19-12-14-20(26)15-13-19/h12-15,26H,2-11,16-18H2,1H3,(H2,23,28)(H,24,27). The molecule has 28 heavy (non-hydrogen) atoms. The van der Waals surface area contributed by atoms with E-state index < -0.39 is 6.03 Å². The predicted molar refractivity (Wildman–Crippen MR) is 113 cm³/mol. The molecule has 158 valence electrons. The molecule has 0 aliphatic carbocycles. The lowest BCUT2D eigenvalue weighted by Crippen LogP contribution is -2.44. The normalized spacial score (nSPS) is 10.6. The molecule has 0 fully saturated rings. The minimum Gasteiger partial charge on any atom is -0.508 e. The Morgan fingerprint density at radius 2 is 1.46 bits per heavy atom. The lowest BCUT2D eigenvalue weighted by molar-refractivity contribution is -0.120. The first-order valence-electron chi connectivity index (χ1n) is 10.6. The Balaban J connectivity index is 2.13. The summed E-state index contributed by atoms with van der Waals surface area (Å²) in [4.78, 5) is 25.1. The van der Waals surface area contributed by atoms with E-state index in [1.165, 1.54) is 56.3 Å². The number of hydrogen-bond donors (Lipinski definition) is 3. The minimum absolute atomic E-state index is 0.129. The molecular formula is C22H37N3O3. The Kier molecular flexibility index (Phi) is 12.6. The number of nitrogens with one attached hydrogen (secondary N) is 1. The predicted octanol–water partition coefficient (Wildman–Crippen LogP) is 4.31. The van der Waals surface area contributed by atoms with Gasteiger partial charge in [0.25, 0.3) is 0 Å². The van der Waals surface area contributed by atoms with Crippen LogP contribution in [0.25, 0.3) is 0 Å². The molecule has 0 saturated carbocycles. The van der Waals surface area contributed by atoms with Crippen molar-refractivity contribution in [3.63, 3.8) is 0 Å². The van der Waals surface area contributed by atoms with E-state index in [1.54, 1.807) is 24.3 Å². The Hall–Kier alpha value is -2.24. The molecule has 0 saturated heterocycles. The first-order chi connectivity index (χ1) is 13.5. The Bertz CT molecular complexity index is 561. The van der Waals surface area contributed by atoms with Crippen molar-refractivity contribution in [2.45, 2.75) is 77.6 Å². The molecule has 6 heteroatoms. The van der Waals surface area contributed by atoms with Crippen molar-refractivity contribution in [2.24, 2.45) is 5.73 Å². The molecule has 1 aromatic carbocycles. The van der Waals surface area contributed by atoms with E-state index in [2.05, 4.69) is 12.2 Å². The first kappa shape index (κ1) is 23.8. The molecule has 1 aromatic rings.